The summed E-state index contributed by atoms with van der Waals surface area (Å²) in [6.45, 7) is 0.570. The largest absolute Gasteiger partial charge is 0.497 e. The van der Waals surface area contributed by atoms with Gasteiger partial charge in [0.05, 0.1) is 22.6 Å². The van der Waals surface area contributed by atoms with Crippen LogP contribution in [0.1, 0.15) is 16.7 Å². The molecule has 0 radical (unpaired) electrons. The Morgan fingerprint density at radius 3 is 2.26 bits per heavy atom. The summed E-state index contributed by atoms with van der Waals surface area (Å²) in [4.78, 5) is 39.7. The van der Waals surface area contributed by atoms with Crippen molar-refractivity contribution in [2.45, 2.75) is 30.8 Å². The van der Waals surface area contributed by atoms with Gasteiger partial charge in [0.1, 0.15) is 18.3 Å². The molecular weight excluding hydrogens is 667 g/mol. The van der Waals surface area contributed by atoms with E-state index < -0.39 is 49.9 Å². The first-order chi connectivity index (χ1) is 22.3. The number of nitro benzene ring substituents is 1. The van der Waals surface area contributed by atoms with Crippen molar-refractivity contribution in [1.29, 1.82) is 0 Å². The molecule has 0 bridgehead atoms. The highest BCUT2D eigenvalue weighted by atomic mass is 35.5. The average Bonchev–Trinajstić information content (AvgIpc) is 3.06. The van der Waals surface area contributed by atoms with Crippen LogP contribution in [-0.4, -0.2) is 56.8 Å². The van der Waals surface area contributed by atoms with E-state index in [1.807, 2.05) is 18.2 Å². The van der Waals surface area contributed by atoms with Crippen molar-refractivity contribution in [3.8, 4) is 5.75 Å². The fourth-order valence-electron chi connectivity index (χ4n) is 4.90. The maximum atomic E-state index is 14.4. The molecule has 1 atom stereocenters. The van der Waals surface area contributed by atoms with Crippen LogP contribution in [0.5, 0.6) is 5.75 Å². The minimum absolute atomic E-state index is 0.0893. The van der Waals surface area contributed by atoms with Gasteiger partial charge in [0.2, 0.25) is 11.8 Å². The van der Waals surface area contributed by atoms with Crippen LogP contribution in [0.3, 0.4) is 0 Å². The van der Waals surface area contributed by atoms with Crippen molar-refractivity contribution < 1.29 is 27.7 Å². The molecule has 0 aromatic heterocycles. The van der Waals surface area contributed by atoms with Crippen LogP contribution in [0.15, 0.2) is 95.9 Å². The van der Waals surface area contributed by atoms with E-state index in [9.17, 15) is 28.1 Å². The predicted octanol–water partition coefficient (Wildman–Crippen LogP) is 5.80. The molecule has 0 heterocycles. The molecule has 14 heteroatoms. The number of nitrogens with one attached hydrogen (secondary N) is 1. The Hall–Kier alpha value is -4.65. The molecule has 0 saturated carbocycles. The lowest BCUT2D eigenvalue weighted by molar-refractivity contribution is -0.385. The zero-order valence-electron chi connectivity index (χ0n) is 25.7. The monoisotopic (exact) mass is 698 g/mol. The quantitative estimate of drug-likeness (QED) is 0.138. The molecule has 0 saturated heterocycles. The van der Waals surface area contributed by atoms with Crippen LogP contribution in [0.2, 0.25) is 10.0 Å². The highest BCUT2D eigenvalue weighted by molar-refractivity contribution is 7.92. The van der Waals surface area contributed by atoms with Gasteiger partial charge in [-0.25, -0.2) is 8.42 Å². The van der Waals surface area contributed by atoms with Crippen LogP contribution >= 0.6 is 23.2 Å². The van der Waals surface area contributed by atoms with Crippen molar-refractivity contribution in [2.24, 2.45) is 0 Å². The second kappa shape index (κ2) is 15.3. The van der Waals surface area contributed by atoms with Crippen LogP contribution < -0.4 is 14.4 Å². The molecule has 246 valence electrons. The molecule has 1 N–H and O–H groups in total. The summed E-state index contributed by atoms with van der Waals surface area (Å²) < 4.78 is 34.5. The van der Waals surface area contributed by atoms with Gasteiger partial charge in [-0.15, -0.1) is 0 Å². The summed E-state index contributed by atoms with van der Waals surface area (Å²) in [7, 11) is -1.69. The SMILES string of the molecule is CNC(=O)C(Cc1ccccc1)N(Cc1ccc(Cl)cc1Cl)C(=O)CN(c1ccc(OC)cc1)S(=O)(=O)c1ccc(C)c([N+](=O)[O-])c1. The summed E-state index contributed by atoms with van der Waals surface area (Å²) in [5.74, 6) is -0.785. The molecule has 2 amide bonds. The number of methoxy groups -OCH3 is 1. The number of carbonyl (C=O) groups excluding carboxylic acids is 2. The molecule has 0 fully saturated rings. The van der Waals surface area contributed by atoms with E-state index in [-0.39, 0.29) is 29.2 Å². The molecule has 0 aliphatic rings. The Labute approximate surface area is 282 Å². The van der Waals surface area contributed by atoms with Crippen LogP contribution in [-0.2, 0) is 32.6 Å². The Balaban J connectivity index is 1.84. The van der Waals surface area contributed by atoms with E-state index in [1.165, 1.54) is 68.4 Å². The molecule has 47 heavy (non-hydrogen) atoms. The number of nitrogens with zero attached hydrogens (tertiary/aromatic N) is 3. The Kier molecular flexibility index (Phi) is 11.5. The number of halogens is 2. The summed E-state index contributed by atoms with van der Waals surface area (Å²) >= 11 is 12.6. The first kappa shape index (κ1) is 35.2. The smallest absolute Gasteiger partial charge is 0.273 e. The number of hydrogen-bond acceptors (Lipinski definition) is 7. The van der Waals surface area contributed by atoms with Crippen molar-refractivity contribution in [3.63, 3.8) is 0 Å². The lowest BCUT2D eigenvalue weighted by atomic mass is 10.0. The lowest BCUT2D eigenvalue weighted by Crippen LogP contribution is -2.53. The third kappa shape index (κ3) is 8.39. The second-order valence-corrected chi connectivity index (χ2v) is 13.2. The zero-order valence-corrected chi connectivity index (χ0v) is 28.1. The van der Waals surface area contributed by atoms with E-state index in [0.29, 0.717) is 16.3 Å². The number of likely N-dealkylation sites (N-methyl/N-ethyl adjacent to an activating group) is 1. The van der Waals surface area contributed by atoms with Gasteiger partial charge in [-0.1, -0.05) is 65.7 Å². The van der Waals surface area contributed by atoms with Crippen molar-refractivity contribution >= 4 is 56.4 Å². The highest BCUT2D eigenvalue weighted by Gasteiger charge is 2.35. The minimum Gasteiger partial charge on any atom is -0.497 e. The number of hydrogen-bond donors (Lipinski definition) is 1. The van der Waals surface area contributed by atoms with Gasteiger partial charge in [-0.2, -0.15) is 0 Å². The third-order valence-electron chi connectivity index (χ3n) is 7.48. The average molecular weight is 700 g/mol. The molecule has 4 rings (SSSR count). The summed E-state index contributed by atoms with van der Waals surface area (Å²) in [5.41, 5.74) is 1.19. The summed E-state index contributed by atoms with van der Waals surface area (Å²) in [5, 5.41) is 14.9. The van der Waals surface area contributed by atoms with Gasteiger partial charge in [0, 0.05) is 41.7 Å². The molecule has 4 aromatic rings. The molecule has 11 nitrogen and oxygen atoms in total. The number of sulfonamides is 1. The van der Waals surface area contributed by atoms with E-state index in [2.05, 4.69) is 5.32 Å². The highest BCUT2D eigenvalue weighted by Crippen LogP contribution is 2.30. The minimum atomic E-state index is -4.58. The number of nitro groups is 1. The van der Waals surface area contributed by atoms with Gasteiger partial charge in [-0.3, -0.25) is 24.0 Å². The Morgan fingerprint density at radius 2 is 1.66 bits per heavy atom. The Bertz CT molecular complexity index is 1870. The topological polar surface area (TPSA) is 139 Å². The molecule has 4 aromatic carbocycles. The first-order valence-corrected chi connectivity index (χ1v) is 16.5. The van der Waals surface area contributed by atoms with Gasteiger partial charge < -0.3 is 15.0 Å². The summed E-state index contributed by atoms with van der Waals surface area (Å²) in [6, 6.07) is 22.2. The van der Waals surface area contributed by atoms with Gasteiger partial charge in [-0.05, 0) is 60.5 Å². The Morgan fingerprint density at radius 1 is 0.979 bits per heavy atom. The summed E-state index contributed by atoms with van der Waals surface area (Å²) in [6.07, 6.45) is 0.108. The number of carbonyl (C=O) groups is 2. The standard InChI is InChI=1S/C33H32Cl2N4O7S/c1-22-9-16-28(19-30(22)39(42)43)47(44,45)38(26-12-14-27(46-3)15-13-26)21-32(40)37(20-24-10-11-25(34)18-29(24)35)31(33(41)36-2)17-23-7-5-4-6-8-23/h4-16,18-19,31H,17,20-21H2,1-3H3,(H,36,41). The van der Waals surface area contributed by atoms with Gasteiger partial charge in [0.25, 0.3) is 15.7 Å². The molecule has 0 aliphatic carbocycles. The molecule has 1 unspecified atom stereocenters. The van der Waals surface area contributed by atoms with Crippen LogP contribution in [0.4, 0.5) is 11.4 Å². The number of amides is 2. The predicted molar refractivity (Wildman–Crippen MR) is 180 cm³/mol. The molecular formula is C33H32Cl2N4O7S. The molecule has 0 aliphatic heterocycles. The fraction of sp³-hybridized carbons (Fsp3) is 0.212. The van der Waals surface area contributed by atoms with E-state index in [1.54, 1.807) is 24.3 Å². The number of anilines is 1. The van der Waals surface area contributed by atoms with Crippen LogP contribution in [0.25, 0.3) is 0 Å². The second-order valence-electron chi connectivity index (χ2n) is 10.5. The molecule has 0 spiro atoms. The van der Waals surface area contributed by atoms with Crippen molar-refractivity contribution in [3.05, 3.63) is 128 Å². The lowest BCUT2D eigenvalue weighted by Gasteiger charge is -2.33. The van der Waals surface area contributed by atoms with E-state index in [0.717, 1.165) is 15.9 Å². The number of rotatable bonds is 13. The maximum absolute atomic E-state index is 14.4. The van der Waals surface area contributed by atoms with Gasteiger partial charge in [0.15, 0.2) is 0 Å². The fourth-order valence-corrected chi connectivity index (χ4v) is 6.81. The van der Waals surface area contributed by atoms with Crippen molar-refractivity contribution in [2.75, 3.05) is 25.0 Å². The number of benzene rings is 4. The van der Waals surface area contributed by atoms with Crippen molar-refractivity contribution in [1.82, 2.24) is 10.2 Å². The van der Waals surface area contributed by atoms with E-state index in [4.69, 9.17) is 27.9 Å². The third-order valence-corrected chi connectivity index (χ3v) is 9.83. The van der Waals surface area contributed by atoms with Crippen LogP contribution in [0, 0.1) is 17.0 Å². The first-order valence-electron chi connectivity index (χ1n) is 14.3. The van der Waals surface area contributed by atoms with Gasteiger partial charge >= 0.3 is 0 Å². The maximum Gasteiger partial charge on any atom is 0.273 e. The zero-order chi connectivity index (χ0) is 34.3. The number of aryl methyl sites for hydroxylation is 1. The van der Waals surface area contributed by atoms with E-state index >= 15 is 0 Å². The number of ether oxygens (including phenoxy) is 1. The normalized spacial score (nSPS) is 11.8.